The van der Waals surface area contributed by atoms with Crippen LogP contribution in [0.3, 0.4) is 0 Å². The van der Waals surface area contributed by atoms with Crippen LogP contribution in [0.1, 0.15) is 19.3 Å². The largest absolute Gasteiger partial charge is 0.330 e. The first-order chi connectivity index (χ1) is 9.02. The molecule has 3 nitrogen and oxygen atoms in total. The number of rotatable bonds is 3. The highest BCUT2D eigenvalue weighted by Crippen LogP contribution is 2.35. The number of nitrogens with one attached hydrogen (secondary N) is 1. The number of halogens is 3. The van der Waals surface area contributed by atoms with Crippen LogP contribution in [-0.2, 0) is 4.79 Å². The van der Waals surface area contributed by atoms with E-state index in [0.717, 1.165) is 19.3 Å². The van der Waals surface area contributed by atoms with E-state index in [1.807, 2.05) is 0 Å². The topological polar surface area (TPSA) is 55.1 Å². The smallest absolute Gasteiger partial charge is 0.227 e. The van der Waals surface area contributed by atoms with Crippen LogP contribution in [0, 0.1) is 11.8 Å². The van der Waals surface area contributed by atoms with Gasteiger partial charge in [0.15, 0.2) is 0 Å². The number of carbonyl (C=O) groups is 1. The lowest BCUT2D eigenvalue weighted by molar-refractivity contribution is -0.120. The van der Waals surface area contributed by atoms with Crippen LogP contribution in [0.15, 0.2) is 12.1 Å². The molecule has 0 saturated heterocycles. The third-order valence-corrected chi connectivity index (χ3v) is 4.60. The molecule has 0 heterocycles. The van der Waals surface area contributed by atoms with Gasteiger partial charge in [-0.2, -0.15) is 0 Å². The molecule has 0 aliphatic heterocycles. The van der Waals surface area contributed by atoms with E-state index in [1.165, 1.54) is 6.07 Å². The van der Waals surface area contributed by atoms with Gasteiger partial charge in [-0.25, -0.2) is 0 Å². The summed E-state index contributed by atoms with van der Waals surface area (Å²) in [4.78, 5) is 12.2. The van der Waals surface area contributed by atoms with Crippen LogP contribution in [0.2, 0.25) is 15.1 Å². The van der Waals surface area contributed by atoms with Gasteiger partial charge in [-0.1, -0.05) is 41.2 Å². The molecule has 3 N–H and O–H groups in total. The number of benzene rings is 1. The fourth-order valence-corrected chi connectivity index (χ4v) is 3.10. The molecule has 19 heavy (non-hydrogen) atoms. The zero-order valence-corrected chi connectivity index (χ0v) is 12.5. The first-order valence-corrected chi connectivity index (χ1v) is 7.31. The molecule has 6 heteroatoms. The van der Waals surface area contributed by atoms with Gasteiger partial charge in [0.2, 0.25) is 5.91 Å². The molecule has 0 aromatic heterocycles. The quantitative estimate of drug-likeness (QED) is 0.828. The number of carbonyl (C=O) groups excluding carboxylic acids is 1. The minimum Gasteiger partial charge on any atom is -0.330 e. The van der Waals surface area contributed by atoms with Gasteiger partial charge in [0.05, 0.1) is 20.8 Å². The Labute approximate surface area is 127 Å². The summed E-state index contributed by atoms with van der Waals surface area (Å²) in [5.41, 5.74) is 6.17. The van der Waals surface area contributed by atoms with Crippen molar-refractivity contribution >= 4 is 46.4 Å². The average Bonchev–Trinajstić information content (AvgIpc) is 2.84. The van der Waals surface area contributed by atoms with Crippen molar-refractivity contribution in [2.75, 3.05) is 11.9 Å². The molecule has 1 aromatic rings. The van der Waals surface area contributed by atoms with Crippen molar-refractivity contribution in [1.82, 2.24) is 0 Å². The number of hydrogen-bond acceptors (Lipinski definition) is 2. The summed E-state index contributed by atoms with van der Waals surface area (Å²) in [6.07, 6.45) is 2.91. The molecule has 0 bridgehead atoms. The van der Waals surface area contributed by atoms with Crippen LogP contribution in [0.4, 0.5) is 5.69 Å². The monoisotopic (exact) mass is 320 g/mol. The molecule has 2 atom stereocenters. The summed E-state index contributed by atoms with van der Waals surface area (Å²) < 4.78 is 0. The SMILES string of the molecule is NCC1CCCC1C(=O)Nc1cc(Cl)c(Cl)cc1Cl. The second-order valence-electron chi connectivity index (χ2n) is 4.77. The highest BCUT2D eigenvalue weighted by molar-refractivity contribution is 6.44. The van der Waals surface area contributed by atoms with Crippen LogP contribution in [-0.4, -0.2) is 12.5 Å². The Bertz CT molecular complexity index is 493. The summed E-state index contributed by atoms with van der Waals surface area (Å²) in [6, 6.07) is 3.09. The molecule has 1 aliphatic carbocycles. The van der Waals surface area contributed by atoms with Gasteiger partial charge in [-0.15, -0.1) is 0 Å². The van der Waals surface area contributed by atoms with Crippen molar-refractivity contribution in [2.24, 2.45) is 17.6 Å². The third kappa shape index (κ3) is 3.34. The van der Waals surface area contributed by atoms with Crippen molar-refractivity contribution in [3.63, 3.8) is 0 Å². The fraction of sp³-hybridized carbons (Fsp3) is 0.462. The van der Waals surface area contributed by atoms with Gasteiger partial charge >= 0.3 is 0 Å². The Hall–Kier alpha value is -0.480. The summed E-state index contributed by atoms with van der Waals surface area (Å²) in [5, 5.41) is 3.92. The van der Waals surface area contributed by atoms with Crippen LogP contribution < -0.4 is 11.1 Å². The highest BCUT2D eigenvalue weighted by Gasteiger charge is 2.32. The molecule has 0 spiro atoms. The second-order valence-corrected chi connectivity index (χ2v) is 5.99. The lowest BCUT2D eigenvalue weighted by Gasteiger charge is -2.18. The van der Waals surface area contributed by atoms with Crippen molar-refractivity contribution < 1.29 is 4.79 Å². The maximum absolute atomic E-state index is 12.2. The van der Waals surface area contributed by atoms with Crippen LogP contribution in [0.5, 0.6) is 0 Å². The van der Waals surface area contributed by atoms with Gasteiger partial charge in [-0.05, 0) is 37.4 Å². The summed E-state index contributed by atoms with van der Waals surface area (Å²) in [6.45, 7) is 0.535. The molecule has 1 aliphatic rings. The fourth-order valence-electron chi connectivity index (χ4n) is 2.51. The first kappa shape index (κ1) is 14.9. The van der Waals surface area contributed by atoms with Crippen LogP contribution >= 0.6 is 34.8 Å². The lowest BCUT2D eigenvalue weighted by Crippen LogP contribution is -2.29. The van der Waals surface area contributed by atoms with Crippen molar-refractivity contribution in [3.05, 3.63) is 27.2 Å². The van der Waals surface area contributed by atoms with Gasteiger partial charge in [-0.3, -0.25) is 4.79 Å². The Kier molecular flexibility index (Phi) is 4.96. The minimum atomic E-state index is -0.0479. The maximum atomic E-state index is 12.2. The van der Waals surface area contributed by atoms with Crippen molar-refractivity contribution in [1.29, 1.82) is 0 Å². The van der Waals surface area contributed by atoms with E-state index in [4.69, 9.17) is 40.5 Å². The van der Waals surface area contributed by atoms with Gasteiger partial charge in [0.25, 0.3) is 0 Å². The predicted octanol–water partition coefficient (Wildman–Crippen LogP) is 3.96. The molecule has 1 amide bonds. The average molecular weight is 322 g/mol. The van der Waals surface area contributed by atoms with E-state index < -0.39 is 0 Å². The highest BCUT2D eigenvalue weighted by atomic mass is 35.5. The molecular formula is C13H15Cl3N2O. The normalized spacial score (nSPS) is 22.5. The first-order valence-electron chi connectivity index (χ1n) is 6.18. The van der Waals surface area contributed by atoms with Crippen molar-refractivity contribution in [3.8, 4) is 0 Å². The summed E-state index contributed by atoms with van der Waals surface area (Å²) in [7, 11) is 0. The van der Waals surface area contributed by atoms with E-state index in [0.29, 0.717) is 27.3 Å². The van der Waals surface area contributed by atoms with E-state index >= 15 is 0 Å². The molecule has 104 valence electrons. The second kappa shape index (κ2) is 6.31. The standard InChI is InChI=1S/C13H15Cl3N2O/c14-9-4-11(16)12(5-10(9)15)18-13(19)8-3-1-2-7(8)6-17/h4-5,7-8H,1-3,6,17H2,(H,18,19). The van der Waals surface area contributed by atoms with E-state index in [1.54, 1.807) is 6.07 Å². The number of hydrogen-bond donors (Lipinski definition) is 2. The minimum absolute atomic E-state index is 0.0458. The Morgan fingerprint density at radius 1 is 1.21 bits per heavy atom. The zero-order chi connectivity index (χ0) is 14.0. The van der Waals surface area contributed by atoms with E-state index in [9.17, 15) is 4.79 Å². The molecule has 2 rings (SSSR count). The molecule has 1 fully saturated rings. The summed E-state index contributed by atoms with van der Waals surface area (Å²) in [5.74, 6) is 0.158. The van der Waals surface area contributed by atoms with Gasteiger partial charge in [0, 0.05) is 5.92 Å². The Morgan fingerprint density at radius 2 is 1.89 bits per heavy atom. The third-order valence-electron chi connectivity index (χ3n) is 3.57. The van der Waals surface area contributed by atoms with Crippen molar-refractivity contribution in [2.45, 2.75) is 19.3 Å². The Balaban J connectivity index is 2.13. The summed E-state index contributed by atoms with van der Waals surface area (Å²) >= 11 is 17.8. The number of anilines is 1. The molecule has 2 unspecified atom stereocenters. The van der Waals surface area contributed by atoms with Crippen LogP contribution in [0.25, 0.3) is 0 Å². The molecule has 1 aromatic carbocycles. The maximum Gasteiger partial charge on any atom is 0.227 e. The molecular weight excluding hydrogens is 307 g/mol. The van der Waals surface area contributed by atoms with E-state index in [-0.39, 0.29) is 17.7 Å². The lowest BCUT2D eigenvalue weighted by atomic mass is 9.95. The van der Waals surface area contributed by atoms with Gasteiger partial charge in [0.1, 0.15) is 0 Å². The molecule has 0 radical (unpaired) electrons. The predicted molar refractivity (Wildman–Crippen MR) is 80.0 cm³/mol. The van der Waals surface area contributed by atoms with Gasteiger partial charge < -0.3 is 11.1 Å². The number of amides is 1. The Morgan fingerprint density at radius 3 is 2.58 bits per heavy atom. The van der Waals surface area contributed by atoms with E-state index in [2.05, 4.69) is 5.32 Å². The molecule has 1 saturated carbocycles. The zero-order valence-electron chi connectivity index (χ0n) is 10.3. The number of nitrogens with two attached hydrogens (primary N) is 1.